The molecule has 0 N–H and O–H groups in total. The van der Waals surface area contributed by atoms with E-state index < -0.39 is 0 Å². The zero-order valence-corrected chi connectivity index (χ0v) is 19.4. The van der Waals surface area contributed by atoms with Crippen LogP contribution in [0.4, 0.5) is 0 Å². The fraction of sp³-hybridized carbons (Fsp3) is 0.200. The van der Waals surface area contributed by atoms with Gasteiger partial charge >= 0.3 is 0 Å². The van der Waals surface area contributed by atoms with Crippen LogP contribution in [0, 0.1) is 0 Å². The molecule has 0 saturated heterocycles. The zero-order chi connectivity index (χ0) is 22.6. The second kappa shape index (κ2) is 9.68. The lowest BCUT2D eigenvalue weighted by Crippen LogP contribution is -2.35. The molecule has 0 fully saturated rings. The van der Waals surface area contributed by atoms with Gasteiger partial charge in [0.05, 0.1) is 6.54 Å². The maximum atomic E-state index is 13.0. The summed E-state index contributed by atoms with van der Waals surface area (Å²) < 4.78 is 14.0. The summed E-state index contributed by atoms with van der Waals surface area (Å²) in [6.45, 7) is 1.95. The Hall–Kier alpha value is -3.29. The Morgan fingerprint density at radius 3 is 2.91 bits per heavy atom. The number of ether oxygens (including phenoxy) is 2. The van der Waals surface area contributed by atoms with Crippen LogP contribution in [-0.4, -0.2) is 33.7 Å². The number of thiophene rings is 1. The fourth-order valence-electron chi connectivity index (χ4n) is 3.81. The lowest BCUT2D eigenvalue weighted by Gasteiger charge is -2.20. The molecule has 1 aliphatic rings. The van der Waals surface area contributed by atoms with Crippen LogP contribution in [0.3, 0.4) is 0 Å². The predicted molar refractivity (Wildman–Crippen MR) is 129 cm³/mol. The molecule has 4 aromatic rings. The summed E-state index contributed by atoms with van der Waals surface area (Å²) in [4.78, 5) is 14.8. The first-order valence-corrected chi connectivity index (χ1v) is 11.9. The van der Waals surface area contributed by atoms with Crippen LogP contribution in [0.2, 0.25) is 5.02 Å². The van der Waals surface area contributed by atoms with Crippen molar-refractivity contribution in [2.24, 2.45) is 0 Å². The highest BCUT2D eigenvalue weighted by atomic mass is 35.5. The lowest BCUT2D eigenvalue weighted by atomic mass is 10.0. The van der Waals surface area contributed by atoms with Crippen molar-refractivity contribution in [3.8, 4) is 22.6 Å². The third-order valence-corrected chi connectivity index (χ3v) is 6.41. The topological polar surface area (TPSA) is 56.6 Å². The van der Waals surface area contributed by atoms with Gasteiger partial charge in [-0.25, -0.2) is 0 Å². The number of benzene rings is 2. The van der Waals surface area contributed by atoms with Crippen LogP contribution in [0.1, 0.15) is 11.1 Å². The minimum Gasteiger partial charge on any atom is -0.487 e. The molecule has 8 heteroatoms. The smallest absolute Gasteiger partial charge is 0.244 e. The molecule has 6 nitrogen and oxygen atoms in total. The Morgan fingerprint density at radius 1 is 1.18 bits per heavy atom. The van der Waals surface area contributed by atoms with E-state index in [0.717, 1.165) is 22.3 Å². The number of aromatic nitrogens is 2. The van der Waals surface area contributed by atoms with Gasteiger partial charge in [-0.05, 0) is 63.8 Å². The number of hydrogen-bond acceptors (Lipinski definition) is 5. The minimum absolute atomic E-state index is 0.0101. The second-order valence-corrected chi connectivity index (χ2v) is 8.98. The van der Waals surface area contributed by atoms with Crippen molar-refractivity contribution in [3.05, 3.63) is 87.8 Å². The molecule has 0 radical (unpaired) electrons. The van der Waals surface area contributed by atoms with Crippen molar-refractivity contribution in [2.45, 2.75) is 19.7 Å². The zero-order valence-electron chi connectivity index (χ0n) is 17.8. The lowest BCUT2D eigenvalue weighted by molar-refractivity contribution is -0.132. The molecule has 3 heterocycles. The van der Waals surface area contributed by atoms with Crippen LogP contribution in [-0.2, 0) is 24.5 Å². The van der Waals surface area contributed by atoms with Crippen molar-refractivity contribution in [3.63, 3.8) is 0 Å². The first kappa shape index (κ1) is 21.6. The van der Waals surface area contributed by atoms with Gasteiger partial charge in [-0.1, -0.05) is 23.7 Å². The van der Waals surface area contributed by atoms with Gasteiger partial charge in [0.25, 0.3) is 0 Å². The molecule has 168 valence electrons. The van der Waals surface area contributed by atoms with E-state index in [9.17, 15) is 4.79 Å². The number of rotatable bonds is 6. The fourth-order valence-corrected chi connectivity index (χ4v) is 4.65. The Morgan fingerprint density at radius 2 is 2.12 bits per heavy atom. The third kappa shape index (κ3) is 5.05. The summed E-state index contributed by atoms with van der Waals surface area (Å²) in [5.74, 6) is 1.34. The highest BCUT2D eigenvalue weighted by molar-refractivity contribution is 7.07. The van der Waals surface area contributed by atoms with Gasteiger partial charge in [-0.3, -0.25) is 9.48 Å². The normalized spacial score (nSPS) is 13.2. The maximum absolute atomic E-state index is 13.0. The summed E-state index contributed by atoms with van der Waals surface area (Å²) in [7, 11) is 0. The average Bonchev–Trinajstić information content (AvgIpc) is 3.48. The van der Waals surface area contributed by atoms with Crippen LogP contribution < -0.4 is 9.47 Å². The summed E-state index contributed by atoms with van der Waals surface area (Å²) in [5, 5.41) is 8.91. The molecule has 0 spiro atoms. The van der Waals surface area contributed by atoms with Gasteiger partial charge in [0.2, 0.25) is 5.91 Å². The molecule has 2 aromatic heterocycles. The standard InChI is InChI=1S/C25H22ClN3O3S/c26-22-4-1-3-19(12-22)20-11-21-14-28(24(30)15-29-7-2-6-27-29)8-9-31-25(21)23(13-20)32-16-18-5-10-33-17-18/h1-7,10-13,17H,8-9,14-16H2. The number of amides is 1. The average molecular weight is 480 g/mol. The molecule has 0 bridgehead atoms. The molecular weight excluding hydrogens is 458 g/mol. The Kier molecular flexibility index (Phi) is 6.32. The Bertz CT molecular complexity index is 1240. The van der Waals surface area contributed by atoms with Gasteiger partial charge in [0, 0.05) is 29.5 Å². The first-order chi connectivity index (χ1) is 16.2. The quantitative estimate of drug-likeness (QED) is 0.378. The van der Waals surface area contributed by atoms with E-state index in [1.54, 1.807) is 33.3 Å². The highest BCUT2D eigenvalue weighted by Gasteiger charge is 2.24. The monoisotopic (exact) mass is 479 g/mol. The Labute approximate surface area is 200 Å². The van der Waals surface area contributed by atoms with Crippen molar-refractivity contribution in [1.29, 1.82) is 0 Å². The van der Waals surface area contributed by atoms with Crippen LogP contribution >= 0.6 is 22.9 Å². The van der Waals surface area contributed by atoms with Gasteiger partial charge in [0.15, 0.2) is 11.5 Å². The van der Waals surface area contributed by atoms with Gasteiger partial charge in [-0.15, -0.1) is 0 Å². The van der Waals surface area contributed by atoms with Gasteiger partial charge in [0.1, 0.15) is 19.8 Å². The van der Waals surface area contributed by atoms with Crippen LogP contribution in [0.5, 0.6) is 11.5 Å². The largest absolute Gasteiger partial charge is 0.487 e. The first-order valence-electron chi connectivity index (χ1n) is 10.6. The number of carbonyl (C=O) groups is 1. The Balaban J connectivity index is 1.48. The molecule has 0 atom stereocenters. The molecule has 1 amide bonds. The van der Waals surface area contributed by atoms with Crippen LogP contribution in [0.15, 0.2) is 71.7 Å². The van der Waals surface area contributed by atoms with E-state index >= 15 is 0 Å². The molecule has 0 aliphatic carbocycles. The van der Waals surface area contributed by atoms with Crippen molar-refractivity contribution >= 4 is 28.8 Å². The minimum atomic E-state index is -0.0101. The van der Waals surface area contributed by atoms with Crippen molar-refractivity contribution in [2.75, 3.05) is 13.2 Å². The van der Waals surface area contributed by atoms with E-state index in [1.165, 1.54) is 0 Å². The summed E-state index contributed by atoms with van der Waals surface area (Å²) in [5.41, 5.74) is 3.94. The highest BCUT2D eigenvalue weighted by Crippen LogP contribution is 2.39. The molecule has 0 saturated carbocycles. The maximum Gasteiger partial charge on any atom is 0.244 e. The van der Waals surface area contributed by atoms with E-state index in [2.05, 4.69) is 16.5 Å². The summed E-state index contributed by atoms with van der Waals surface area (Å²) in [6, 6.07) is 15.6. The number of halogens is 1. The van der Waals surface area contributed by atoms with E-state index in [-0.39, 0.29) is 12.5 Å². The predicted octanol–water partition coefficient (Wildman–Crippen LogP) is 5.27. The summed E-state index contributed by atoms with van der Waals surface area (Å²) >= 11 is 7.89. The van der Waals surface area contributed by atoms with Crippen molar-refractivity contribution in [1.82, 2.24) is 14.7 Å². The SMILES string of the molecule is O=C(Cn1cccn1)N1CCOc2c(cc(-c3cccc(Cl)c3)cc2OCc2ccsc2)C1. The molecule has 5 rings (SSSR count). The van der Waals surface area contributed by atoms with E-state index in [1.807, 2.05) is 47.8 Å². The molecule has 1 aliphatic heterocycles. The van der Waals surface area contributed by atoms with Gasteiger partial charge < -0.3 is 14.4 Å². The number of fused-ring (bicyclic) bond motifs is 1. The molecule has 0 unspecified atom stereocenters. The van der Waals surface area contributed by atoms with E-state index in [4.69, 9.17) is 21.1 Å². The summed E-state index contributed by atoms with van der Waals surface area (Å²) in [6.07, 6.45) is 3.45. The van der Waals surface area contributed by atoms with Crippen molar-refractivity contribution < 1.29 is 14.3 Å². The van der Waals surface area contributed by atoms with Crippen LogP contribution in [0.25, 0.3) is 11.1 Å². The molecular formula is C25H22ClN3O3S. The third-order valence-electron chi connectivity index (χ3n) is 5.44. The second-order valence-electron chi connectivity index (χ2n) is 7.76. The molecule has 33 heavy (non-hydrogen) atoms. The number of hydrogen-bond donors (Lipinski definition) is 0. The molecule has 2 aromatic carbocycles. The number of nitrogens with zero attached hydrogens (tertiary/aromatic N) is 3. The van der Waals surface area contributed by atoms with E-state index in [0.29, 0.717) is 42.8 Å². The number of carbonyl (C=O) groups excluding carboxylic acids is 1. The van der Waals surface area contributed by atoms with Gasteiger partial charge in [-0.2, -0.15) is 16.4 Å².